The molecule has 1 saturated heterocycles. The lowest BCUT2D eigenvalue weighted by Crippen LogP contribution is -2.20. The summed E-state index contributed by atoms with van der Waals surface area (Å²) in [6, 6.07) is 9.91. The number of methoxy groups -OCH3 is 1. The Bertz CT molecular complexity index is 757. The molecule has 2 heterocycles. The zero-order chi connectivity index (χ0) is 17.6. The van der Waals surface area contributed by atoms with Crippen LogP contribution in [0.5, 0.6) is 0 Å². The van der Waals surface area contributed by atoms with Crippen molar-refractivity contribution < 1.29 is 9.47 Å². The molecule has 0 radical (unpaired) electrons. The quantitative estimate of drug-likeness (QED) is 0.817. The zero-order valence-electron chi connectivity index (χ0n) is 14.6. The van der Waals surface area contributed by atoms with Crippen molar-refractivity contribution >= 4 is 5.69 Å². The van der Waals surface area contributed by atoms with Crippen LogP contribution in [-0.4, -0.2) is 36.7 Å². The van der Waals surface area contributed by atoms with Gasteiger partial charge in [-0.05, 0) is 31.2 Å². The number of nitriles is 1. The molecule has 0 aliphatic carbocycles. The number of hydrogen-bond donors (Lipinski definition) is 1. The Morgan fingerprint density at radius 2 is 2.12 bits per heavy atom. The van der Waals surface area contributed by atoms with Crippen LogP contribution in [0.15, 0.2) is 24.3 Å². The molecule has 6 nitrogen and oxygen atoms in total. The molecule has 25 heavy (non-hydrogen) atoms. The lowest BCUT2D eigenvalue weighted by molar-refractivity contribution is 0.0658. The molecule has 0 unspecified atom stereocenters. The highest BCUT2D eigenvalue weighted by molar-refractivity contribution is 5.81. The maximum atomic E-state index is 9.62. The maximum Gasteiger partial charge on any atom is 0.170 e. The number of anilines is 1. The van der Waals surface area contributed by atoms with Crippen LogP contribution in [0.25, 0.3) is 11.1 Å². The maximum absolute atomic E-state index is 9.62. The largest absolute Gasteiger partial charge is 0.398 e. The fourth-order valence-electron chi connectivity index (χ4n) is 3.38. The summed E-state index contributed by atoms with van der Waals surface area (Å²) in [7, 11) is 1.67. The van der Waals surface area contributed by atoms with Gasteiger partial charge in [-0.15, -0.1) is 0 Å². The highest BCUT2D eigenvalue weighted by Gasteiger charge is 2.24. The Labute approximate surface area is 148 Å². The van der Waals surface area contributed by atoms with E-state index < -0.39 is 0 Å². The summed E-state index contributed by atoms with van der Waals surface area (Å²) in [5.41, 5.74) is 10.1. The van der Waals surface area contributed by atoms with E-state index in [0.717, 1.165) is 49.3 Å². The van der Waals surface area contributed by atoms with E-state index in [2.05, 4.69) is 11.2 Å². The molecule has 1 fully saturated rings. The molecule has 1 aromatic heterocycles. The minimum atomic E-state index is 0.427. The van der Waals surface area contributed by atoms with Crippen molar-refractivity contribution in [3.63, 3.8) is 0 Å². The summed E-state index contributed by atoms with van der Waals surface area (Å²) in [5.74, 6) is 0.530. The van der Waals surface area contributed by atoms with Crippen LogP contribution < -0.4 is 5.73 Å². The van der Waals surface area contributed by atoms with Crippen molar-refractivity contribution in [3.05, 3.63) is 35.7 Å². The molecular formula is C19H24N4O2. The summed E-state index contributed by atoms with van der Waals surface area (Å²) < 4.78 is 12.6. The zero-order valence-corrected chi connectivity index (χ0v) is 14.6. The van der Waals surface area contributed by atoms with Gasteiger partial charge in [0, 0.05) is 42.8 Å². The van der Waals surface area contributed by atoms with Gasteiger partial charge in [0.1, 0.15) is 6.07 Å². The molecule has 1 aromatic carbocycles. The normalized spacial score (nSPS) is 15.2. The first kappa shape index (κ1) is 17.5. The van der Waals surface area contributed by atoms with Gasteiger partial charge in [-0.2, -0.15) is 10.4 Å². The number of rotatable bonds is 6. The van der Waals surface area contributed by atoms with E-state index in [-0.39, 0.29) is 0 Å². The predicted octanol–water partition coefficient (Wildman–Crippen LogP) is 2.62. The van der Waals surface area contributed by atoms with Gasteiger partial charge in [-0.1, -0.05) is 18.2 Å². The van der Waals surface area contributed by atoms with Gasteiger partial charge in [-0.3, -0.25) is 4.68 Å². The lowest BCUT2D eigenvalue weighted by Gasteiger charge is -2.23. The van der Waals surface area contributed by atoms with Gasteiger partial charge in [-0.25, -0.2) is 0 Å². The number of nitrogens with two attached hydrogens (primary N) is 1. The first-order chi connectivity index (χ1) is 12.2. The Morgan fingerprint density at radius 1 is 1.36 bits per heavy atom. The highest BCUT2D eigenvalue weighted by atomic mass is 16.5. The molecule has 0 amide bonds. The molecule has 0 bridgehead atoms. The molecule has 0 spiro atoms. The van der Waals surface area contributed by atoms with Crippen LogP contribution in [0, 0.1) is 17.2 Å². The summed E-state index contributed by atoms with van der Waals surface area (Å²) in [6.07, 6.45) is 2.92. The van der Waals surface area contributed by atoms with E-state index in [1.807, 2.05) is 28.9 Å². The molecule has 0 saturated carbocycles. The first-order valence-electron chi connectivity index (χ1n) is 8.66. The summed E-state index contributed by atoms with van der Waals surface area (Å²) in [4.78, 5) is 0. The van der Waals surface area contributed by atoms with Gasteiger partial charge in [0.05, 0.1) is 13.2 Å². The van der Waals surface area contributed by atoms with E-state index >= 15 is 0 Å². The summed E-state index contributed by atoms with van der Waals surface area (Å²) in [5, 5.41) is 14.2. The number of ether oxygens (including phenoxy) is 2. The second kappa shape index (κ2) is 8.15. The van der Waals surface area contributed by atoms with Crippen molar-refractivity contribution in [1.82, 2.24) is 9.78 Å². The number of nitrogens with zero attached hydrogens (tertiary/aromatic N) is 3. The Morgan fingerprint density at radius 3 is 2.80 bits per heavy atom. The summed E-state index contributed by atoms with van der Waals surface area (Å²) in [6.45, 7) is 2.77. The molecule has 3 rings (SSSR count). The minimum Gasteiger partial charge on any atom is -0.398 e. The standard InChI is InChI=1S/C19H24N4O2/c1-24-11-8-23-18(12-14-6-9-25-10-7-14)19(17(13-20)22-23)15-4-2-3-5-16(15)21/h2-5,14H,6-12,21H2,1H3. The van der Waals surface area contributed by atoms with Gasteiger partial charge >= 0.3 is 0 Å². The van der Waals surface area contributed by atoms with Crippen LogP contribution in [0.1, 0.15) is 24.2 Å². The van der Waals surface area contributed by atoms with Crippen molar-refractivity contribution in [3.8, 4) is 17.2 Å². The minimum absolute atomic E-state index is 0.427. The van der Waals surface area contributed by atoms with Crippen LogP contribution >= 0.6 is 0 Å². The van der Waals surface area contributed by atoms with E-state index in [1.165, 1.54) is 0 Å². The Hall–Kier alpha value is -2.36. The average Bonchev–Trinajstić information content (AvgIpc) is 2.98. The number of nitrogen functional groups attached to an aromatic ring is 1. The van der Waals surface area contributed by atoms with Crippen molar-refractivity contribution in [2.75, 3.05) is 32.7 Å². The molecule has 132 valence electrons. The van der Waals surface area contributed by atoms with Crippen LogP contribution in [0.2, 0.25) is 0 Å². The van der Waals surface area contributed by atoms with E-state index in [1.54, 1.807) is 7.11 Å². The third kappa shape index (κ3) is 3.84. The van der Waals surface area contributed by atoms with Crippen molar-refractivity contribution in [2.24, 2.45) is 5.92 Å². The molecule has 2 aromatic rings. The fourth-order valence-corrected chi connectivity index (χ4v) is 3.38. The second-order valence-electron chi connectivity index (χ2n) is 6.35. The van der Waals surface area contributed by atoms with E-state index in [4.69, 9.17) is 15.2 Å². The van der Waals surface area contributed by atoms with E-state index in [9.17, 15) is 5.26 Å². The van der Waals surface area contributed by atoms with Gasteiger partial charge in [0.25, 0.3) is 0 Å². The average molecular weight is 340 g/mol. The number of aromatic nitrogens is 2. The second-order valence-corrected chi connectivity index (χ2v) is 6.35. The molecule has 2 N–H and O–H groups in total. The van der Waals surface area contributed by atoms with E-state index in [0.29, 0.717) is 30.5 Å². The first-order valence-corrected chi connectivity index (χ1v) is 8.66. The van der Waals surface area contributed by atoms with Crippen molar-refractivity contribution in [1.29, 1.82) is 5.26 Å². The monoisotopic (exact) mass is 340 g/mol. The topological polar surface area (TPSA) is 86.1 Å². The number of para-hydroxylation sites is 1. The highest BCUT2D eigenvalue weighted by Crippen LogP contribution is 2.34. The molecule has 1 aliphatic rings. The smallest absolute Gasteiger partial charge is 0.170 e. The van der Waals surface area contributed by atoms with Crippen molar-refractivity contribution in [2.45, 2.75) is 25.8 Å². The van der Waals surface area contributed by atoms with Gasteiger partial charge in [0.2, 0.25) is 0 Å². The summed E-state index contributed by atoms with van der Waals surface area (Å²) >= 11 is 0. The number of benzene rings is 1. The van der Waals surface area contributed by atoms with Gasteiger partial charge in [0.15, 0.2) is 5.69 Å². The molecular weight excluding hydrogens is 316 g/mol. The molecule has 1 aliphatic heterocycles. The third-order valence-corrected chi connectivity index (χ3v) is 4.72. The number of hydrogen-bond acceptors (Lipinski definition) is 5. The lowest BCUT2D eigenvalue weighted by atomic mass is 9.91. The Balaban J connectivity index is 2.05. The molecule has 0 atom stereocenters. The SMILES string of the molecule is COCCn1nc(C#N)c(-c2ccccc2N)c1CC1CCOCC1. The Kier molecular flexibility index (Phi) is 5.69. The third-order valence-electron chi connectivity index (χ3n) is 4.72. The predicted molar refractivity (Wildman–Crippen MR) is 95.9 cm³/mol. The van der Waals surface area contributed by atoms with Crippen LogP contribution in [0.4, 0.5) is 5.69 Å². The van der Waals surface area contributed by atoms with Crippen LogP contribution in [0.3, 0.4) is 0 Å². The molecule has 6 heteroatoms. The van der Waals surface area contributed by atoms with Gasteiger partial charge < -0.3 is 15.2 Å². The fraction of sp³-hybridized carbons (Fsp3) is 0.474. The van der Waals surface area contributed by atoms with Crippen LogP contribution in [-0.2, 0) is 22.4 Å².